The zero-order valence-electron chi connectivity index (χ0n) is 10.2. The molecule has 2 rings (SSSR count). The van der Waals surface area contributed by atoms with Crippen LogP contribution in [0.3, 0.4) is 0 Å². The van der Waals surface area contributed by atoms with Crippen LogP contribution < -0.4 is 4.72 Å². The summed E-state index contributed by atoms with van der Waals surface area (Å²) in [4.78, 5) is 10.4. The summed E-state index contributed by atoms with van der Waals surface area (Å²) in [6, 6.07) is -0.930. The SMILES string of the molecule is Cc1[nH]nc(C(=O)O)c1S(=O)(=O)NC1C=CS(=O)(=O)C1. The number of carboxylic acid groups (broad SMARTS) is 1. The number of nitrogens with zero attached hydrogens (tertiary/aromatic N) is 1. The Morgan fingerprint density at radius 2 is 2.20 bits per heavy atom. The van der Waals surface area contributed by atoms with Crippen LogP contribution in [0, 0.1) is 6.92 Å². The molecule has 0 bridgehead atoms. The van der Waals surface area contributed by atoms with E-state index in [4.69, 9.17) is 5.11 Å². The second kappa shape index (κ2) is 4.68. The first-order chi connectivity index (χ1) is 9.12. The van der Waals surface area contributed by atoms with Gasteiger partial charge >= 0.3 is 5.97 Å². The molecule has 0 radical (unpaired) electrons. The Morgan fingerprint density at radius 1 is 1.55 bits per heavy atom. The van der Waals surface area contributed by atoms with E-state index in [0.717, 1.165) is 5.41 Å². The van der Waals surface area contributed by atoms with Crippen molar-refractivity contribution in [3.63, 3.8) is 0 Å². The number of aromatic amines is 1. The van der Waals surface area contributed by atoms with E-state index in [0.29, 0.717) is 0 Å². The van der Waals surface area contributed by atoms with E-state index < -0.39 is 48.2 Å². The van der Waals surface area contributed by atoms with Crippen molar-refractivity contribution < 1.29 is 26.7 Å². The first-order valence-electron chi connectivity index (χ1n) is 5.34. The van der Waals surface area contributed by atoms with E-state index in [1.54, 1.807) is 0 Å². The van der Waals surface area contributed by atoms with Crippen molar-refractivity contribution in [2.75, 3.05) is 5.75 Å². The molecule has 0 fully saturated rings. The summed E-state index contributed by atoms with van der Waals surface area (Å²) >= 11 is 0. The fourth-order valence-electron chi connectivity index (χ4n) is 1.80. The first-order valence-corrected chi connectivity index (χ1v) is 8.54. The molecule has 1 aromatic heterocycles. The van der Waals surface area contributed by atoms with Gasteiger partial charge in [-0.3, -0.25) is 5.10 Å². The third-order valence-corrected chi connectivity index (χ3v) is 5.64. The second-order valence-electron chi connectivity index (χ2n) is 4.22. The van der Waals surface area contributed by atoms with Gasteiger partial charge in [-0.05, 0) is 6.92 Å². The molecule has 0 aliphatic carbocycles. The third-order valence-electron chi connectivity index (χ3n) is 2.60. The predicted octanol–water partition coefficient (Wildman–Crippen LogP) is -0.995. The second-order valence-corrected chi connectivity index (χ2v) is 7.80. The van der Waals surface area contributed by atoms with Gasteiger partial charge < -0.3 is 5.11 Å². The van der Waals surface area contributed by atoms with Crippen LogP contribution >= 0.6 is 0 Å². The van der Waals surface area contributed by atoms with Crippen molar-refractivity contribution in [3.8, 4) is 0 Å². The molecular formula is C9H11N3O6S2. The average molecular weight is 321 g/mol. The lowest BCUT2D eigenvalue weighted by molar-refractivity contribution is 0.0686. The highest BCUT2D eigenvalue weighted by molar-refractivity contribution is 7.94. The van der Waals surface area contributed by atoms with E-state index in [1.807, 2.05) is 0 Å². The quantitative estimate of drug-likeness (QED) is 0.645. The molecule has 0 aromatic carbocycles. The number of nitrogens with one attached hydrogen (secondary N) is 2. The van der Waals surface area contributed by atoms with Crippen molar-refractivity contribution in [1.29, 1.82) is 0 Å². The maximum Gasteiger partial charge on any atom is 0.357 e. The van der Waals surface area contributed by atoms with Gasteiger partial charge in [-0.15, -0.1) is 0 Å². The van der Waals surface area contributed by atoms with Gasteiger partial charge in [-0.2, -0.15) is 5.10 Å². The third kappa shape index (κ3) is 2.73. The van der Waals surface area contributed by atoms with Gasteiger partial charge in [0.2, 0.25) is 10.0 Å². The van der Waals surface area contributed by atoms with Gasteiger partial charge in [0.15, 0.2) is 15.5 Å². The molecule has 2 heterocycles. The van der Waals surface area contributed by atoms with E-state index in [2.05, 4.69) is 14.9 Å². The maximum atomic E-state index is 12.1. The predicted molar refractivity (Wildman–Crippen MR) is 67.3 cm³/mol. The summed E-state index contributed by atoms with van der Waals surface area (Å²) in [6.45, 7) is 1.36. The van der Waals surface area contributed by atoms with Crippen molar-refractivity contribution in [2.24, 2.45) is 0 Å². The minimum Gasteiger partial charge on any atom is -0.476 e. The van der Waals surface area contributed by atoms with Crippen LogP contribution in [0.15, 0.2) is 16.4 Å². The van der Waals surface area contributed by atoms with Crippen LogP contribution in [-0.4, -0.2) is 49.9 Å². The number of carbonyl (C=O) groups is 1. The number of hydrogen-bond acceptors (Lipinski definition) is 6. The Balaban J connectivity index is 2.35. The summed E-state index contributed by atoms with van der Waals surface area (Å²) in [5.41, 5.74) is -0.584. The normalized spacial score (nSPS) is 21.1. The molecule has 11 heteroatoms. The van der Waals surface area contributed by atoms with Gasteiger partial charge in [0.25, 0.3) is 0 Å². The molecule has 0 saturated carbocycles. The van der Waals surface area contributed by atoms with Crippen LogP contribution in [0.5, 0.6) is 0 Å². The van der Waals surface area contributed by atoms with Gasteiger partial charge in [-0.1, -0.05) is 6.08 Å². The van der Waals surface area contributed by atoms with Crippen LogP contribution in [0.25, 0.3) is 0 Å². The Kier molecular flexibility index (Phi) is 3.44. The topological polar surface area (TPSA) is 146 Å². The largest absolute Gasteiger partial charge is 0.476 e. The highest BCUT2D eigenvalue weighted by Gasteiger charge is 2.32. The first kappa shape index (κ1) is 14.7. The van der Waals surface area contributed by atoms with Crippen LogP contribution in [0.1, 0.15) is 16.2 Å². The average Bonchev–Trinajstić information content (AvgIpc) is 2.81. The van der Waals surface area contributed by atoms with E-state index in [9.17, 15) is 21.6 Å². The number of hydrogen-bond donors (Lipinski definition) is 3. The highest BCUT2D eigenvalue weighted by Crippen LogP contribution is 2.19. The van der Waals surface area contributed by atoms with E-state index >= 15 is 0 Å². The Bertz CT molecular complexity index is 790. The Labute approximate surface area is 114 Å². The maximum absolute atomic E-state index is 12.1. The van der Waals surface area contributed by atoms with Gasteiger partial charge in [0.1, 0.15) is 4.90 Å². The van der Waals surface area contributed by atoms with Crippen LogP contribution in [-0.2, 0) is 19.9 Å². The fourth-order valence-corrected chi connectivity index (χ4v) is 4.66. The molecule has 9 nitrogen and oxygen atoms in total. The van der Waals surface area contributed by atoms with Crippen molar-refractivity contribution in [1.82, 2.24) is 14.9 Å². The number of H-pyrrole nitrogens is 1. The van der Waals surface area contributed by atoms with E-state index in [1.165, 1.54) is 13.0 Å². The number of rotatable bonds is 4. The zero-order chi connectivity index (χ0) is 15.1. The van der Waals surface area contributed by atoms with Crippen molar-refractivity contribution in [3.05, 3.63) is 22.9 Å². The molecular weight excluding hydrogens is 310 g/mol. The molecule has 110 valence electrons. The minimum absolute atomic E-state index is 0.0553. The molecule has 0 saturated heterocycles. The van der Waals surface area contributed by atoms with Gasteiger partial charge in [0, 0.05) is 5.41 Å². The number of aromatic nitrogens is 2. The molecule has 1 aliphatic rings. The van der Waals surface area contributed by atoms with Crippen molar-refractivity contribution in [2.45, 2.75) is 17.9 Å². The van der Waals surface area contributed by atoms with E-state index in [-0.39, 0.29) is 5.69 Å². The van der Waals surface area contributed by atoms with Gasteiger partial charge in [-0.25, -0.2) is 26.4 Å². The summed E-state index contributed by atoms with van der Waals surface area (Å²) in [6.07, 6.45) is 1.20. The molecule has 0 amide bonds. The number of aromatic carboxylic acids is 1. The summed E-state index contributed by atoms with van der Waals surface area (Å²) < 4.78 is 48.9. The molecule has 20 heavy (non-hydrogen) atoms. The lowest BCUT2D eigenvalue weighted by atomic mass is 10.4. The number of sulfonamides is 1. The summed E-state index contributed by atoms with van der Waals surface area (Å²) in [5, 5.41) is 15.5. The molecule has 0 spiro atoms. The smallest absolute Gasteiger partial charge is 0.357 e. The lowest BCUT2D eigenvalue weighted by Crippen LogP contribution is -2.36. The van der Waals surface area contributed by atoms with Gasteiger partial charge in [0.05, 0.1) is 17.5 Å². The molecule has 1 atom stereocenters. The summed E-state index contributed by atoms with van der Waals surface area (Å²) in [5.74, 6) is -1.89. The summed E-state index contributed by atoms with van der Waals surface area (Å²) in [7, 11) is -7.62. The molecule has 3 N–H and O–H groups in total. The molecule has 1 unspecified atom stereocenters. The highest BCUT2D eigenvalue weighted by atomic mass is 32.2. The number of sulfone groups is 1. The fraction of sp³-hybridized carbons (Fsp3) is 0.333. The molecule has 1 aliphatic heterocycles. The van der Waals surface area contributed by atoms with Crippen LogP contribution in [0.2, 0.25) is 0 Å². The molecule has 1 aromatic rings. The van der Waals surface area contributed by atoms with Crippen LogP contribution in [0.4, 0.5) is 0 Å². The Hall–Kier alpha value is -1.72. The zero-order valence-corrected chi connectivity index (χ0v) is 11.8. The van der Waals surface area contributed by atoms with Crippen molar-refractivity contribution >= 4 is 25.8 Å². The minimum atomic E-state index is -4.20. The number of aryl methyl sites for hydroxylation is 1. The Morgan fingerprint density at radius 3 is 2.70 bits per heavy atom. The monoisotopic (exact) mass is 321 g/mol. The lowest BCUT2D eigenvalue weighted by Gasteiger charge is -2.10. The standard InChI is InChI=1S/C9H11N3O6S2/c1-5-8(7(9(13)14)11-10-5)20(17,18)12-6-2-3-19(15,16)4-6/h2-3,6,12H,4H2,1H3,(H,10,11)(H,13,14). The number of carboxylic acids is 1.